The predicted molar refractivity (Wildman–Crippen MR) is 104 cm³/mol. The molecule has 2 N–H and O–H groups in total. The van der Waals surface area contributed by atoms with Gasteiger partial charge in [0.05, 0.1) is 4.92 Å². The lowest BCUT2D eigenvalue weighted by molar-refractivity contribution is -0.383. The molecule has 3 aromatic rings. The standard InChI is InChI=1S/C19H20N6O2/c1-13(2)15-5-7-16(8-6-15)24-19-17(25(26)27)18(22-12-23-19)21-11-14-4-3-9-20-10-14/h3-10,12-13H,11H2,1-2H3,(H2,21,22,23,24). The Labute approximate surface area is 156 Å². The first kappa shape index (κ1) is 18.2. The lowest BCUT2D eigenvalue weighted by atomic mass is 10.0. The Morgan fingerprint density at radius 2 is 1.85 bits per heavy atom. The van der Waals surface area contributed by atoms with E-state index in [1.807, 2.05) is 30.3 Å². The van der Waals surface area contributed by atoms with Crippen molar-refractivity contribution in [2.45, 2.75) is 26.3 Å². The van der Waals surface area contributed by atoms with Crippen LogP contribution in [-0.4, -0.2) is 19.9 Å². The number of hydrogen-bond acceptors (Lipinski definition) is 7. The lowest BCUT2D eigenvalue weighted by Crippen LogP contribution is -2.08. The molecule has 0 aliphatic heterocycles. The van der Waals surface area contributed by atoms with Gasteiger partial charge in [-0.15, -0.1) is 0 Å². The molecule has 138 valence electrons. The molecule has 0 fully saturated rings. The summed E-state index contributed by atoms with van der Waals surface area (Å²) in [5, 5.41) is 17.6. The van der Waals surface area contributed by atoms with Crippen LogP contribution in [0.15, 0.2) is 55.1 Å². The summed E-state index contributed by atoms with van der Waals surface area (Å²) in [5.74, 6) is 0.705. The highest BCUT2D eigenvalue weighted by atomic mass is 16.6. The Balaban J connectivity index is 1.83. The van der Waals surface area contributed by atoms with E-state index in [2.05, 4.69) is 39.4 Å². The minimum absolute atomic E-state index is 0.140. The summed E-state index contributed by atoms with van der Waals surface area (Å²) in [4.78, 5) is 23.2. The van der Waals surface area contributed by atoms with Gasteiger partial charge in [-0.1, -0.05) is 32.0 Å². The number of aromatic nitrogens is 3. The van der Waals surface area contributed by atoms with Crippen molar-refractivity contribution in [1.82, 2.24) is 15.0 Å². The zero-order chi connectivity index (χ0) is 19.2. The number of nitro groups is 1. The van der Waals surface area contributed by atoms with Gasteiger partial charge in [-0.25, -0.2) is 9.97 Å². The summed E-state index contributed by atoms with van der Waals surface area (Å²) in [6.45, 7) is 4.59. The molecule has 8 heteroatoms. The number of nitrogens with zero attached hydrogens (tertiary/aromatic N) is 4. The van der Waals surface area contributed by atoms with E-state index in [9.17, 15) is 10.1 Å². The monoisotopic (exact) mass is 364 g/mol. The number of nitrogens with one attached hydrogen (secondary N) is 2. The molecule has 0 radical (unpaired) electrons. The first-order valence-electron chi connectivity index (χ1n) is 8.53. The van der Waals surface area contributed by atoms with Crippen molar-refractivity contribution < 1.29 is 4.92 Å². The first-order valence-corrected chi connectivity index (χ1v) is 8.53. The van der Waals surface area contributed by atoms with Gasteiger partial charge < -0.3 is 10.6 Å². The summed E-state index contributed by atoms with van der Waals surface area (Å²) in [6, 6.07) is 11.4. The van der Waals surface area contributed by atoms with Gasteiger partial charge in [0.2, 0.25) is 11.6 Å². The lowest BCUT2D eigenvalue weighted by Gasteiger charge is -2.11. The maximum atomic E-state index is 11.6. The van der Waals surface area contributed by atoms with E-state index in [1.54, 1.807) is 18.5 Å². The molecule has 0 aliphatic carbocycles. The van der Waals surface area contributed by atoms with Gasteiger partial charge in [0.15, 0.2) is 0 Å². The zero-order valence-corrected chi connectivity index (χ0v) is 15.1. The minimum Gasteiger partial charge on any atom is -0.360 e. The Kier molecular flexibility index (Phi) is 5.55. The van der Waals surface area contributed by atoms with E-state index in [4.69, 9.17) is 0 Å². The second kappa shape index (κ2) is 8.22. The Morgan fingerprint density at radius 3 is 2.48 bits per heavy atom. The fraction of sp³-hybridized carbons (Fsp3) is 0.211. The third-order valence-corrected chi connectivity index (χ3v) is 4.03. The Hall–Kier alpha value is -3.55. The third-order valence-electron chi connectivity index (χ3n) is 4.03. The van der Waals surface area contributed by atoms with Gasteiger partial charge in [-0.3, -0.25) is 15.1 Å². The number of benzene rings is 1. The second-order valence-corrected chi connectivity index (χ2v) is 6.29. The molecule has 1 aromatic carbocycles. The number of rotatable bonds is 7. The SMILES string of the molecule is CC(C)c1ccc(Nc2ncnc(NCc3cccnc3)c2[N+](=O)[O-])cc1. The van der Waals surface area contributed by atoms with Gasteiger partial charge in [0.25, 0.3) is 0 Å². The average molecular weight is 364 g/mol. The molecule has 27 heavy (non-hydrogen) atoms. The molecular weight excluding hydrogens is 344 g/mol. The molecule has 0 amide bonds. The maximum Gasteiger partial charge on any atom is 0.353 e. The highest BCUT2D eigenvalue weighted by Gasteiger charge is 2.23. The van der Waals surface area contributed by atoms with Crippen molar-refractivity contribution in [1.29, 1.82) is 0 Å². The van der Waals surface area contributed by atoms with Crippen molar-refractivity contribution in [3.63, 3.8) is 0 Å². The quantitative estimate of drug-likeness (QED) is 0.476. The molecule has 2 aromatic heterocycles. The van der Waals surface area contributed by atoms with Crippen LogP contribution in [0.3, 0.4) is 0 Å². The van der Waals surface area contributed by atoms with Crippen LogP contribution in [-0.2, 0) is 6.54 Å². The van der Waals surface area contributed by atoms with Crippen molar-refractivity contribution in [3.05, 3.63) is 76.4 Å². The van der Waals surface area contributed by atoms with Crippen LogP contribution in [0.4, 0.5) is 23.0 Å². The highest BCUT2D eigenvalue weighted by molar-refractivity contribution is 5.73. The van der Waals surface area contributed by atoms with Crippen LogP contribution in [0, 0.1) is 10.1 Å². The number of hydrogen-bond donors (Lipinski definition) is 2. The van der Waals surface area contributed by atoms with Gasteiger partial charge >= 0.3 is 5.69 Å². The Morgan fingerprint density at radius 1 is 1.11 bits per heavy atom. The van der Waals surface area contributed by atoms with Crippen LogP contribution < -0.4 is 10.6 Å². The molecule has 0 saturated carbocycles. The summed E-state index contributed by atoms with van der Waals surface area (Å²) in [5.41, 5.74) is 2.61. The molecule has 0 aliphatic rings. The minimum atomic E-state index is -0.490. The fourth-order valence-corrected chi connectivity index (χ4v) is 2.55. The van der Waals surface area contributed by atoms with Crippen LogP contribution in [0.5, 0.6) is 0 Å². The average Bonchev–Trinajstić information content (AvgIpc) is 2.67. The van der Waals surface area contributed by atoms with Crippen molar-refractivity contribution in [3.8, 4) is 0 Å². The highest BCUT2D eigenvalue weighted by Crippen LogP contribution is 2.31. The zero-order valence-electron chi connectivity index (χ0n) is 15.1. The molecule has 0 spiro atoms. The second-order valence-electron chi connectivity index (χ2n) is 6.29. The molecule has 2 heterocycles. The van der Waals surface area contributed by atoms with Crippen molar-refractivity contribution in [2.24, 2.45) is 0 Å². The third kappa shape index (κ3) is 4.55. The summed E-state index contributed by atoms with van der Waals surface area (Å²) in [6.07, 6.45) is 4.65. The summed E-state index contributed by atoms with van der Waals surface area (Å²) < 4.78 is 0. The van der Waals surface area contributed by atoms with E-state index >= 15 is 0 Å². The fourth-order valence-electron chi connectivity index (χ4n) is 2.55. The Bertz CT molecular complexity index is 913. The van der Waals surface area contributed by atoms with Gasteiger partial charge in [-0.2, -0.15) is 0 Å². The van der Waals surface area contributed by atoms with E-state index < -0.39 is 4.92 Å². The molecule has 0 unspecified atom stereocenters. The van der Waals surface area contributed by atoms with E-state index in [1.165, 1.54) is 11.9 Å². The summed E-state index contributed by atoms with van der Waals surface area (Å²) in [7, 11) is 0. The van der Waals surface area contributed by atoms with Gasteiger partial charge in [0, 0.05) is 24.6 Å². The van der Waals surface area contributed by atoms with Crippen molar-refractivity contribution >= 4 is 23.0 Å². The normalized spacial score (nSPS) is 10.6. The maximum absolute atomic E-state index is 11.6. The van der Waals surface area contributed by atoms with E-state index in [-0.39, 0.29) is 17.3 Å². The molecule has 0 bridgehead atoms. The molecule has 8 nitrogen and oxygen atoms in total. The number of pyridine rings is 1. The van der Waals surface area contributed by atoms with E-state index in [0.717, 1.165) is 11.3 Å². The molecular formula is C19H20N6O2. The molecule has 3 rings (SSSR count). The van der Waals surface area contributed by atoms with Gasteiger partial charge in [-0.05, 0) is 35.2 Å². The van der Waals surface area contributed by atoms with Crippen LogP contribution in [0.2, 0.25) is 0 Å². The van der Waals surface area contributed by atoms with E-state index in [0.29, 0.717) is 12.5 Å². The predicted octanol–water partition coefficient (Wildman–Crippen LogP) is 4.26. The molecule has 0 atom stereocenters. The first-order chi connectivity index (χ1) is 13.0. The van der Waals surface area contributed by atoms with Crippen LogP contribution in [0.1, 0.15) is 30.9 Å². The number of anilines is 3. The van der Waals surface area contributed by atoms with Crippen LogP contribution >= 0.6 is 0 Å². The smallest absolute Gasteiger partial charge is 0.353 e. The summed E-state index contributed by atoms with van der Waals surface area (Å²) >= 11 is 0. The topological polar surface area (TPSA) is 106 Å². The van der Waals surface area contributed by atoms with Gasteiger partial charge in [0.1, 0.15) is 6.33 Å². The molecule has 0 saturated heterocycles. The van der Waals surface area contributed by atoms with Crippen molar-refractivity contribution in [2.75, 3.05) is 10.6 Å². The largest absolute Gasteiger partial charge is 0.360 e. The van der Waals surface area contributed by atoms with Crippen LogP contribution in [0.25, 0.3) is 0 Å².